The summed E-state index contributed by atoms with van der Waals surface area (Å²) in [5, 5.41) is 9.14. The minimum atomic E-state index is -0.906. The van der Waals surface area contributed by atoms with Gasteiger partial charge in [0.05, 0.1) is 5.56 Å². The summed E-state index contributed by atoms with van der Waals surface area (Å²) in [6, 6.07) is 5.29. The minimum absolute atomic E-state index is 0.166. The van der Waals surface area contributed by atoms with Gasteiger partial charge in [-0.3, -0.25) is 4.79 Å². The highest BCUT2D eigenvalue weighted by Gasteiger charge is 2.27. The molecule has 0 spiro atoms. The van der Waals surface area contributed by atoms with Gasteiger partial charge in [-0.05, 0) is 42.5 Å². The number of carboxylic acids is 1. The second-order valence-corrected chi connectivity index (χ2v) is 6.84. The molecule has 4 heteroatoms. The van der Waals surface area contributed by atoms with Crippen LogP contribution in [0.15, 0.2) is 18.2 Å². The molecule has 1 N–H and O–H groups in total. The molecule has 23 heavy (non-hydrogen) atoms. The molecule has 0 unspecified atom stereocenters. The summed E-state index contributed by atoms with van der Waals surface area (Å²) < 4.78 is 0. The van der Waals surface area contributed by atoms with Gasteiger partial charge in [-0.15, -0.1) is 0 Å². The molecule has 0 atom stereocenters. The third-order valence-corrected chi connectivity index (χ3v) is 5.23. The zero-order valence-corrected chi connectivity index (χ0v) is 13.6. The van der Waals surface area contributed by atoms with Crippen LogP contribution in [0.5, 0.6) is 0 Å². The van der Waals surface area contributed by atoms with E-state index in [0.29, 0.717) is 12.1 Å². The smallest absolute Gasteiger partial charge is 0.335 e. The number of hydrogen-bond acceptors (Lipinski definition) is 2. The molecule has 1 aliphatic carbocycles. The van der Waals surface area contributed by atoms with Crippen LogP contribution < -0.4 is 0 Å². The molecule has 4 nitrogen and oxygen atoms in total. The maximum absolute atomic E-state index is 12.9. The van der Waals surface area contributed by atoms with Gasteiger partial charge in [-0.25, -0.2) is 4.79 Å². The van der Waals surface area contributed by atoms with E-state index in [4.69, 9.17) is 5.11 Å². The Balaban J connectivity index is 1.71. The van der Waals surface area contributed by atoms with Crippen LogP contribution in [0, 0.1) is 5.92 Å². The van der Waals surface area contributed by atoms with Crippen molar-refractivity contribution in [1.29, 1.82) is 0 Å². The standard InChI is InChI=1S/C19H25NO3/c21-18(15-6-4-2-1-3-5-7-15)20-11-10-14-8-9-16(19(22)23)12-17(14)13-20/h8-9,12,15H,1-7,10-11,13H2,(H,22,23). The molecule has 0 radical (unpaired) electrons. The quantitative estimate of drug-likeness (QED) is 0.906. The average molecular weight is 315 g/mol. The third kappa shape index (κ3) is 3.74. The first-order valence-corrected chi connectivity index (χ1v) is 8.79. The van der Waals surface area contributed by atoms with Crippen molar-refractivity contribution in [2.24, 2.45) is 5.92 Å². The Morgan fingerprint density at radius 3 is 2.39 bits per heavy atom. The predicted octanol–water partition coefficient (Wildman–Crippen LogP) is 3.63. The Morgan fingerprint density at radius 1 is 1.00 bits per heavy atom. The number of fused-ring (bicyclic) bond motifs is 1. The summed E-state index contributed by atoms with van der Waals surface area (Å²) in [4.78, 5) is 25.9. The molecule has 1 fully saturated rings. The van der Waals surface area contributed by atoms with E-state index in [-0.39, 0.29) is 11.8 Å². The molecule has 1 aromatic carbocycles. The summed E-state index contributed by atoms with van der Waals surface area (Å²) in [5.41, 5.74) is 2.48. The molecule has 1 aliphatic heterocycles. The van der Waals surface area contributed by atoms with E-state index in [0.717, 1.165) is 44.2 Å². The summed E-state index contributed by atoms with van der Waals surface area (Å²) in [7, 11) is 0. The fourth-order valence-electron chi connectivity index (χ4n) is 3.84. The van der Waals surface area contributed by atoms with Gasteiger partial charge in [0.25, 0.3) is 0 Å². The van der Waals surface area contributed by atoms with Crippen molar-refractivity contribution in [3.8, 4) is 0 Å². The van der Waals surface area contributed by atoms with E-state index in [2.05, 4.69) is 0 Å². The van der Waals surface area contributed by atoms with Crippen molar-refractivity contribution in [2.45, 2.75) is 57.9 Å². The van der Waals surface area contributed by atoms with Gasteiger partial charge < -0.3 is 10.0 Å². The third-order valence-electron chi connectivity index (χ3n) is 5.23. The summed E-state index contributed by atoms with van der Waals surface area (Å²) in [5.74, 6) is -0.464. The van der Waals surface area contributed by atoms with Gasteiger partial charge in [0.2, 0.25) is 5.91 Å². The normalized spacial score (nSPS) is 19.6. The molecule has 1 saturated carbocycles. The van der Waals surface area contributed by atoms with Crippen molar-refractivity contribution >= 4 is 11.9 Å². The van der Waals surface area contributed by atoms with Gasteiger partial charge in [0.1, 0.15) is 0 Å². The van der Waals surface area contributed by atoms with Gasteiger partial charge in [-0.1, -0.05) is 38.2 Å². The number of hydrogen-bond donors (Lipinski definition) is 1. The van der Waals surface area contributed by atoms with E-state index in [9.17, 15) is 9.59 Å². The molecular weight excluding hydrogens is 290 g/mol. The van der Waals surface area contributed by atoms with Gasteiger partial charge in [-0.2, -0.15) is 0 Å². The van der Waals surface area contributed by atoms with Crippen LogP contribution in [0.3, 0.4) is 0 Å². The first kappa shape index (κ1) is 16.0. The molecule has 2 aliphatic rings. The SMILES string of the molecule is O=C(O)c1ccc2c(c1)CN(C(=O)C1CCCCCCC1)CC2. The summed E-state index contributed by atoms with van der Waals surface area (Å²) in [6.07, 6.45) is 8.95. The van der Waals surface area contributed by atoms with E-state index in [1.54, 1.807) is 12.1 Å². The van der Waals surface area contributed by atoms with Crippen LogP contribution in [0.25, 0.3) is 0 Å². The predicted molar refractivity (Wildman–Crippen MR) is 88.3 cm³/mol. The van der Waals surface area contributed by atoms with Gasteiger partial charge in [0, 0.05) is 19.0 Å². The minimum Gasteiger partial charge on any atom is -0.478 e. The van der Waals surface area contributed by atoms with Crippen LogP contribution >= 0.6 is 0 Å². The highest BCUT2D eigenvalue weighted by molar-refractivity contribution is 5.88. The van der Waals surface area contributed by atoms with E-state index in [1.807, 2.05) is 11.0 Å². The second-order valence-electron chi connectivity index (χ2n) is 6.84. The van der Waals surface area contributed by atoms with Crippen LogP contribution in [-0.4, -0.2) is 28.4 Å². The Labute approximate surface area is 137 Å². The van der Waals surface area contributed by atoms with Crippen LogP contribution in [0.2, 0.25) is 0 Å². The number of rotatable bonds is 2. The second kappa shape index (κ2) is 7.16. The first-order valence-electron chi connectivity index (χ1n) is 8.79. The Morgan fingerprint density at radius 2 is 1.70 bits per heavy atom. The van der Waals surface area contributed by atoms with Crippen molar-refractivity contribution in [3.63, 3.8) is 0 Å². The largest absolute Gasteiger partial charge is 0.478 e. The van der Waals surface area contributed by atoms with Crippen molar-refractivity contribution in [1.82, 2.24) is 4.90 Å². The highest BCUT2D eigenvalue weighted by Crippen LogP contribution is 2.27. The van der Waals surface area contributed by atoms with E-state index >= 15 is 0 Å². The van der Waals surface area contributed by atoms with Crippen LogP contribution in [0.4, 0.5) is 0 Å². The fraction of sp³-hybridized carbons (Fsp3) is 0.579. The maximum Gasteiger partial charge on any atom is 0.335 e. The summed E-state index contributed by atoms with van der Waals surface area (Å²) in [6.45, 7) is 1.32. The fourth-order valence-corrected chi connectivity index (χ4v) is 3.84. The molecule has 1 amide bonds. The Hall–Kier alpha value is -1.84. The molecule has 3 rings (SSSR count). The molecule has 0 saturated heterocycles. The number of carbonyl (C=O) groups is 2. The Bertz CT molecular complexity index is 588. The van der Waals surface area contributed by atoms with Gasteiger partial charge >= 0.3 is 5.97 Å². The zero-order valence-electron chi connectivity index (χ0n) is 13.6. The topological polar surface area (TPSA) is 57.6 Å². The number of nitrogens with zero attached hydrogens (tertiary/aromatic N) is 1. The Kier molecular flexibility index (Phi) is 4.99. The molecule has 1 aromatic rings. The number of benzene rings is 1. The number of carboxylic acid groups (broad SMARTS) is 1. The zero-order chi connectivity index (χ0) is 16.2. The average Bonchev–Trinajstić information content (AvgIpc) is 2.53. The monoisotopic (exact) mass is 315 g/mol. The van der Waals surface area contributed by atoms with Crippen molar-refractivity contribution in [2.75, 3.05) is 6.54 Å². The van der Waals surface area contributed by atoms with Crippen LogP contribution in [-0.2, 0) is 17.8 Å². The molecule has 124 valence electrons. The summed E-state index contributed by atoms with van der Waals surface area (Å²) >= 11 is 0. The highest BCUT2D eigenvalue weighted by atomic mass is 16.4. The molecule has 1 heterocycles. The molecule has 0 aromatic heterocycles. The van der Waals surface area contributed by atoms with Crippen LogP contribution in [0.1, 0.15) is 66.4 Å². The molecule has 0 bridgehead atoms. The lowest BCUT2D eigenvalue weighted by molar-refractivity contribution is -0.137. The molecular formula is C19H25NO3. The lowest BCUT2D eigenvalue weighted by atomic mass is 9.89. The number of aromatic carboxylic acids is 1. The lowest BCUT2D eigenvalue weighted by Gasteiger charge is -2.32. The van der Waals surface area contributed by atoms with E-state index < -0.39 is 5.97 Å². The number of carbonyl (C=O) groups excluding carboxylic acids is 1. The maximum atomic E-state index is 12.9. The number of amides is 1. The lowest BCUT2D eigenvalue weighted by Crippen LogP contribution is -2.40. The van der Waals surface area contributed by atoms with Gasteiger partial charge in [0.15, 0.2) is 0 Å². The van der Waals surface area contributed by atoms with Crippen molar-refractivity contribution < 1.29 is 14.7 Å². The van der Waals surface area contributed by atoms with E-state index in [1.165, 1.54) is 24.8 Å². The van der Waals surface area contributed by atoms with Crippen molar-refractivity contribution in [3.05, 3.63) is 34.9 Å². The first-order chi connectivity index (χ1) is 11.1.